The Morgan fingerprint density at radius 1 is 1.12 bits per heavy atom. The third-order valence-corrected chi connectivity index (χ3v) is 4.55. The predicted octanol–water partition coefficient (Wildman–Crippen LogP) is 5.58. The molecule has 0 unspecified atom stereocenters. The molecule has 2 aromatic carbocycles. The van der Waals surface area contributed by atoms with Gasteiger partial charge in [-0.2, -0.15) is 0 Å². The Kier molecular flexibility index (Phi) is 4.93. The number of hydrogen-bond donors (Lipinski definition) is 0. The molecule has 0 aliphatic carbocycles. The van der Waals surface area contributed by atoms with Crippen LogP contribution in [-0.4, -0.2) is 23.1 Å². The molecule has 1 heterocycles. The van der Waals surface area contributed by atoms with Crippen molar-refractivity contribution < 1.29 is 18.3 Å². The Labute approximate surface area is 156 Å². The van der Waals surface area contributed by atoms with E-state index in [2.05, 4.69) is 0 Å². The summed E-state index contributed by atoms with van der Waals surface area (Å²) in [5, 5.41) is 0.244. The molecular formula is C20H20ClF2NO2. The Hall–Kier alpha value is -2.14. The molecule has 0 radical (unpaired) electrons. The number of ether oxygens (including phenoxy) is 1. The highest BCUT2D eigenvalue weighted by Crippen LogP contribution is 2.37. The Morgan fingerprint density at radius 3 is 2.50 bits per heavy atom. The van der Waals surface area contributed by atoms with Gasteiger partial charge >= 0.3 is 6.09 Å². The van der Waals surface area contributed by atoms with Crippen molar-refractivity contribution in [2.45, 2.75) is 39.3 Å². The van der Waals surface area contributed by atoms with E-state index in [-0.39, 0.29) is 22.9 Å². The first kappa shape index (κ1) is 18.6. The van der Waals surface area contributed by atoms with E-state index in [0.717, 1.165) is 0 Å². The zero-order valence-corrected chi connectivity index (χ0v) is 15.7. The van der Waals surface area contributed by atoms with Gasteiger partial charge < -0.3 is 9.64 Å². The lowest BCUT2D eigenvalue weighted by molar-refractivity contribution is 0.0223. The average Bonchev–Trinajstić information content (AvgIpc) is 2.55. The van der Waals surface area contributed by atoms with E-state index < -0.39 is 17.5 Å². The molecule has 1 aliphatic rings. The SMILES string of the molecule is CC(C)(C)OC(=O)N1CCc2c(F)ccc(-c3c(F)cccc3Cl)c2C1. The van der Waals surface area contributed by atoms with Crippen molar-refractivity contribution in [3.63, 3.8) is 0 Å². The van der Waals surface area contributed by atoms with Gasteiger partial charge in [0, 0.05) is 18.7 Å². The van der Waals surface area contributed by atoms with Gasteiger partial charge in [0.25, 0.3) is 0 Å². The fourth-order valence-corrected chi connectivity index (χ4v) is 3.37. The average molecular weight is 380 g/mol. The standard InChI is InChI=1S/C20H20ClF2NO2/c1-20(2,3)26-19(25)24-10-9-12-14(11-24)13(7-8-16(12)22)18-15(21)5-4-6-17(18)23/h4-8H,9-11H2,1-3H3. The molecule has 0 N–H and O–H groups in total. The largest absolute Gasteiger partial charge is 0.444 e. The van der Waals surface area contributed by atoms with E-state index in [4.69, 9.17) is 16.3 Å². The van der Waals surface area contributed by atoms with Crippen LogP contribution >= 0.6 is 11.6 Å². The lowest BCUT2D eigenvalue weighted by Crippen LogP contribution is -2.40. The van der Waals surface area contributed by atoms with E-state index in [9.17, 15) is 13.6 Å². The van der Waals surface area contributed by atoms with Gasteiger partial charge in [-0.1, -0.05) is 23.7 Å². The lowest BCUT2D eigenvalue weighted by atomic mass is 9.90. The first-order valence-electron chi connectivity index (χ1n) is 8.40. The van der Waals surface area contributed by atoms with Gasteiger partial charge in [-0.05, 0) is 62.1 Å². The van der Waals surface area contributed by atoms with Crippen LogP contribution in [0.1, 0.15) is 31.9 Å². The molecule has 3 rings (SSSR count). The Morgan fingerprint density at radius 2 is 1.85 bits per heavy atom. The maximum Gasteiger partial charge on any atom is 0.410 e. The van der Waals surface area contributed by atoms with Crippen molar-refractivity contribution in [2.75, 3.05) is 6.54 Å². The number of benzene rings is 2. The minimum Gasteiger partial charge on any atom is -0.444 e. The predicted molar refractivity (Wildman–Crippen MR) is 97.2 cm³/mol. The molecule has 138 valence electrons. The first-order chi connectivity index (χ1) is 12.2. The van der Waals surface area contributed by atoms with E-state index in [1.54, 1.807) is 26.8 Å². The van der Waals surface area contributed by atoms with Gasteiger partial charge in [0.1, 0.15) is 17.2 Å². The molecule has 0 saturated heterocycles. The van der Waals surface area contributed by atoms with Crippen molar-refractivity contribution in [2.24, 2.45) is 0 Å². The number of amides is 1. The normalized spacial score (nSPS) is 14.2. The monoisotopic (exact) mass is 379 g/mol. The number of hydrogen-bond acceptors (Lipinski definition) is 2. The maximum atomic E-state index is 14.4. The van der Waals surface area contributed by atoms with Gasteiger partial charge in [-0.25, -0.2) is 13.6 Å². The zero-order chi connectivity index (χ0) is 19.1. The molecule has 6 heteroatoms. The van der Waals surface area contributed by atoms with E-state index in [1.165, 1.54) is 29.2 Å². The van der Waals surface area contributed by atoms with Gasteiger partial charge in [-0.15, -0.1) is 0 Å². The third kappa shape index (κ3) is 3.68. The number of carbonyl (C=O) groups excluding carboxylic acids is 1. The summed E-state index contributed by atoms with van der Waals surface area (Å²) in [5.41, 5.74) is 1.14. The Balaban J connectivity index is 2.04. The molecule has 2 aromatic rings. The van der Waals surface area contributed by atoms with Crippen LogP contribution in [0.3, 0.4) is 0 Å². The first-order valence-corrected chi connectivity index (χ1v) is 8.78. The summed E-state index contributed by atoms with van der Waals surface area (Å²) in [6.07, 6.45) is -0.140. The number of carbonyl (C=O) groups is 1. The van der Waals surface area contributed by atoms with Crippen molar-refractivity contribution in [3.8, 4) is 11.1 Å². The smallest absolute Gasteiger partial charge is 0.410 e. The van der Waals surface area contributed by atoms with E-state index >= 15 is 0 Å². The molecular weight excluding hydrogens is 360 g/mol. The van der Waals surface area contributed by atoms with Crippen molar-refractivity contribution in [3.05, 3.63) is 58.1 Å². The van der Waals surface area contributed by atoms with Crippen LogP contribution in [0.5, 0.6) is 0 Å². The van der Waals surface area contributed by atoms with Gasteiger partial charge in [-0.3, -0.25) is 0 Å². The van der Waals surface area contributed by atoms with Crippen molar-refractivity contribution in [1.29, 1.82) is 0 Å². The minimum absolute atomic E-state index is 0.141. The van der Waals surface area contributed by atoms with Crippen molar-refractivity contribution >= 4 is 17.7 Å². The van der Waals surface area contributed by atoms with Crippen LogP contribution in [0.2, 0.25) is 5.02 Å². The van der Waals surface area contributed by atoms with Gasteiger partial charge in [0.05, 0.1) is 5.02 Å². The summed E-state index contributed by atoms with van der Waals surface area (Å²) >= 11 is 6.19. The molecule has 0 spiro atoms. The summed E-state index contributed by atoms with van der Waals surface area (Å²) in [4.78, 5) is 13.9. The van der Waals surface area contributed by atoms with Crippen LogP contribution in [-0.2, 0) is 17.7 Å². The number of fused-ring (bicyclic) bond motifs is 1. The van der Waals surface area contributed by atoms with Crippen LogP contribution in [0.4, 0.5) is 13.6 Å². The molecule has 0 atom stereocenters. The molecule has 26 heavy (non-hydrogen) atoms. The molecule has 3 nitrogen and oxygen atoms in total. The second-order valence-corrected chi connectivity index (χ2v) is 7.71. The number of rotatable bonds is 1. The quantitative estimate of drug-likeness (QED) is 0.647. The highest BCUT2D eigenvalue weighted by molar-refractivity contribution is 6.33. The molecule has 1 amide bonds. The summed E-state index contributed by atoms with van der Waals surface area (Å²) in [7, 11) is 0. The minimum atomic E-state index is -0.628. The van der Waals surface area contributed by atoms with Crippen LogP contribution in [0, 0.1) is 11.6 Å². The van der Waals surface area contributed by atoms with Crippen LogP contribution < -0.4 is 0 Å². The van der Waals surface area contributed by atoms with E-state index in [0.29, 0.717) is 29.7 Å². The molecule has 0 saturated carbocycles. The Bertz CT molecular complexity index is 841. The van der Waals surface area contributed by atoms with Gasteiger partial charge in [0.2, 0.25) is 0 Å². The number of halogens is 3. The van der Waals surface area contributed by atoms with Crippen LogP contribution in [0.25, 0.3) is 11.1 Å². The fraction of sp³-hybridized carbons (Fsp3) is 0.350. The highest BCUT2D eigenvalue weighted by Gasteiger charge is 2.29. The second-order valence-electron chi connectivity index (χ2n) is 7.30. The highest BCUT2D eigenvalue weighted by atomic mass is 35.5. The van der Waals surface area contributed by atoms with Crippen molar-refractivity contribution in [1.82, 2.24) is 4.90 Å². The molecule has 0 bridgehead atoms. The second kappa shape index (κ2) is 6.88. The summed E-state index contributed by atoms with van der Waals surface area (Å²) in [6.45, 7) is 5.84. The summed E-state index contributed by atoms with van der Waals surface area (Å²) in [5.74, 6) is -0.847. The molecule has 1 aliphatic heterocycles. The summed E-state index contributed by atoms with van der Waals surface area (Å²) in [6, 6.07) is 7.25. The maximum absolute atomic E-state index is 14.4. The lowest BCUT2D eigenvalue weighted by Gasteiger charge is -2.32. The summed E-state index contributed by atoms with van der Waals surface area (Å²) < 4.78 is 34.1. The third-order valence-electron chi connectivity index (χ3n) is 4.24. The van der Waals surface area contributed by atoms with Gasteiger partial charge in [0.15, 0.2) is 0 Å². The fourth-order valence-electron chi connectivity index (χ4n) is 3.10. The molecule has 0 fully saturated rings. The van der Waals surface area contributed by atoms with Crippen LogP contribution in [0.15, 0.2) is 30.3 Å². The topological polar surface area (TPSA) is 29.5 Å². The molecule has 0 aromatic heterocycles. The number of nitrogens with zero attached hydrogens (tertiary/aromatic N) is 1. The van der Waals surface area contributed by atoms with E-state index in [1.807, 2.05) is 0 Å². The zero-order valence-electron chi connectivity index (χ0n) is 14.9.